The summed E-state index contributed by atoms with van der Waals surface area (Å²) in [5, 5.41) is 2.55. The average molecular weight is 444 g/mol. The highest BCUT2D eigenvalue weighted by molar-refractivity contribution is 6.31. The lowest BCUT2D eigenvalue weighted by molar-refractivity contribution is -0.134. The van der Waals surface area contributed by atoms with Gasteiger partial charge in [0.2, 0.25) is 5.91 Å². The van der Waals surface area contributed by atoms with Gasteiger partial charge >= 0.3 is 0 Å². The Hall–Kier alpha value is -3.33. The minimum absolute atomic E-state index is 0.0251. The number of piperazine rings is 1. The molecule has 0 saturated carbocycles. The number of carbonyl (C=O) groups excluding carboxylic acids is 3. The van der Waals surface area contributed by atoms with E-state index in [4.69, 9.17) is 17.3 Å². The van der Waals surface area contributed by atoms with Gasteiger partial charge in [-0.05, 0) is 18.2 Å². The number of rotatable bonds is 3. The Morgan fingerprint density at radius 2 is 1.71 bits per heavy atom. The number of anilines is 2. The number of carbonyl (C=O) groups is 3. The van der Waals surface area contributed by atoms with E-state index in [1.165, 1.54) is 4.57 Å². The summed E-state index contributed by atoms with van der Waals surface area (Å²) in [6, 6.07) is 6.19. The molecule has 2 aliphatic rings. The summed E-state index contributed by atoms with van der Waals surface area (Å²) in [4.78, 5) is 53.2. The molecule has 2 aliphatic heterocycles. The Balaban J connectivity index is 1.76. The topological polar surface area (TPSA) is 118 Å². The van der Waals surface area contributed by atoms with E-state index in [1.807, 2.05) is 23.6 Å². The van der Waals surface area contributed by atoms with Gasteiger partial charge in [0.05, 0.1) is 22.5 Å². The minimum Gasteiger partial charge on any atom is -0.384 e. The number of hydrogen-bond donors (Lipinski definition) is 2. The number of nitrogens with two attached hydrogens (primary N) is 1. The third-order valence-corrected chi connectivity index (χ3v) is 5.79. The summed E-state index contributed by atoms with van der Waals surface area (Å²) in [7, 11) is 0. The number of aromatic nitrogens is 1. The molecule has 0 spiro atoms. The Kier molecular flexibility index (Phi) is 5.22. The molecule has 162 valence electrons. The van der Waals surface area contributed by atoms with Gasteiger partial charge < -0.3 is 15.5 Å². The molecule has 3 N–H and O–H groups in total. The number of nitrogens with zero attached hydrogens (tertiary/aromatic N) is 3. The summed E-state index contributed by atoms with van der Waals surface area (Å²) < 4.78 is 1.20. The van der Waals surface area contributed by atoms with E-state index in [1.54, 1.807) is 18.2 Å². The monoisotopic (exact) mass is 443 g/mol. The van der Waals surface area contributed by atoms with Crippen LogP contribution in [0, 0.1) is 5.92 Å². The van der Waals surface area contributed by atoms with E-state index in [-0.39, 0.29) is 28.8 Å². The van der Waals surface area contributed by atoms with E-state index in [0.717, 1.165) is 6.07 Å². The van der Waals surface area contributed by atoms with Crippen molar-refractivity contribution in [1.29, 1.82) is 0 Å². The van der Waals surface area contributed by atoms with Gasteiger partial charge in [0, 0.05) is 43.2 Å². The smallest absolute Gasteiger partial charge is 0.262 e. The summed E-state index contributed by atoms with van der Waals surface area (Å²) >= 11 is 6.22. The van der Waals surface area contributed by atoms with E-state index in [2.05, 4.69) is 5.32 Å². The van der Waals surface area contributed by atoms with Crippen molar-refractivity contribution in [2.24, 2.45) is 5.92 Å². The maximum absolute atomic E-state index is 12.9. The summed E-state index contributed by atoms with van der Waals surface area (Å²) in [6.45, 7) is 5.96. The number of benzene rings is 1. The van der Waals surface area contributed by atoms with Gasteiger partial charge in [-0.1, -0.05) is 25.4 Å². The SMILES string of the molecule is CC(C)C(=O)N1CCN(c2ccc(Cl)cc2-n2c(N)c3c(cc2=O)C(=O)NC3=O)CC1. The lowest BCUT2D eigenvalue weighted by Gasteiger charge is -2.37. The molecule has 1 aromatic heterocycles. The largest absolute Gasteiger partial charge is 0.384 e. The number of hydrogen-bond acceptors (Lipinski definition) is 6. The average Bonchev–Trinajstić information content (AvgIpc) is 3.01. The number of nitrogen functional groups attached to an aromatic ring is 1. The van der Waals surface area contributed by atoms with Crippen molar-refractivity contribution in [2.75, 3.05) is 36.8 Å². The van der Waals surface area contributed by atoms with Crippen LogP contribution in [0.4, 0.5) is 11.5 Å². The normalized spacial score (nSPS) is 16.0. The van der Waals surface area contributed by atoms with Crippen molar-refractivity contribution in [3.8, 4) is 5.69 Å². The Labute approximate surface area is 183 Å². The molecule has 0 unspecified atom stereocenters. The molecule has 0 bridgehead atoms. The second-order valence-electron chi connectivity index (χ2n) is 7.88. The molecule has 0 atom stereocenters. The quantitative estimate of drug-likeness (QED) is 0.689. The van der Waals surface area contributed by atoms with Crippen LogP contribution in [0.2, 0.25) is 5.02 Å². The molecule has 4 rings (SSSR count). The van der Waals surface area contributed by atoms with Gasteiger partial charge in [0.1, 0.15) is 5.82 Å². The molecule has 31 heavy (non-hydrogen) atoms. The number of fused-ring (bicyclic) bond motifs is 1. The van der Waals surface area contributed by atoms with Gasteiger partial charge in [0.15, 0.2) is 0 Å². The number of imide groups is 1. The van der Waals surface area contributed by atoms with Crippen LogP contribution in [-0.4, -0.2) is 53.4 Å². The van der Waals surface area contributed by atoms with Crippen molar-refractivity contribution < 1.29 is 14.4 Å². The van der Waals surface area contributed by atoms with E-state index >= 15 is 0 Å². The third kappa shape index (κ3) is 3.54. The second kappa shape index (κ2) is 7.73. The molecule has 2 aromatic rings. The third-order valence-electron chi connectivity index (χ3n) is 5.56. The standard InChI is InChI=1S/C21H22ClN5O4/c1-11(2)21(31)26-7-5-25(6-8-26)14-4-3-12(22)9-15(14)27-16(28)10-13-17(18(27)23)20(30)24-19(13)29/h3-4,9-11H,5-8,23H2,1-2H3,(H,24,29,30). The Morgan fingerprint density at radius 1 is 1.03 bits per heavy atom. The van der Waals surface area contributed by atoms with Gasteiger partial charge in [0.25, 0.3) is 17.4 Å². The molecule has 3 heterocycles. The highest BCUT2D eigenvalue weighted by atomic mass is 35.5. The van der Waals surface area contributed by atoms with Gasteiger partial charge in [-0.25, -0.2) is 0 Å². The van der Waals surface area contributed by atoms with Gasteiger partial charge in [-0.3, -0.25) is 29.1 Å². The number of pyridine rings is 1. The second-order valence-corrected chi connectivity index (χ2v) is 8.31. The van der Waals surface area contributed by atoms with Crippen LogP contribution in [0.25, 0.3) is 5.69 Å². The van der Waals surface area contributed by atoms with Gasteiger partial charge in [-0.15, -0.1) is 0 Å². The molecule has 1 fully saturated rings. The van der Waals surface area contributed by atoms with E-state index < -0.39 is 17.4 Å². The lowest BCUT2D eigenvalue weighted by atomic mass is 10.1. The zero-order valence-corrected chi connectivity index (χ0v) is 17.9. The molecule has 10 heteroatoms. The number of amides is 3. The van der Waals surface area contributed by atoms with Crippen molar-refractivity contribution >= 4 is 40.8 Å². The fourth-order valence-electron chi connectivity index (χ4n) is 4.00. The molecule has 3 amide bonds. The van der Waals surface area contributed by atoms with Crippen molar-refractivity contribution in [2.45, 2.75) is 13.8 Å². The predicted octanol–water partition coefficient (Wildman–Crippen LogP) is 1.26. The van der Waals surface area contributed by atoms with Crippen LogP contribution in [-0.2, 0) is 4.79 Å². The predicted molar refractivity (Wildman–Crippen MR) is 117 cm³/mol. The van der Waals surface area contributed by atoms with E-state index in [9.17, 15) is 19.2 Å². The zero-order valence-electron chi connectivity index (χ0n) is 17.1. The lowest BCUT2D eigenvalue weighted by Crippen LogP contribution is -2.50. The fourth-order valence-corrected chi connectivity index (χ4v) is 4.17. The van der Waals surface area contributed by atoms with Crippen LogP contribution in [0.1, 0.15) is 34.6 Å². The first-order valence-corrected chi connectivity index (χ1v) is 10.3. The molecular formula is C21H22ClN5O4. The first-order valence-electron chi connectivity index (χ1n) is 9.94. The summed E-state index contributed by atoms with van der Waals surface area (Å²) in [5.41, 5.74) is 6.70. The van der Waals surface area contributed by atoms with Crippen LogP contribution in [0.15, 0.2) is 29.1 Å². The fraction of sp³-hybridized carbons (Fsp3) is 0.333. The van der Waals surface area contributed by atoms with Crippen LogP contribution < -0.4 is 21.5 Å². The van der Waals surface area contributed by atoms with Crippen molar-refractivity contribution in [3.05, 3.63) is 50.8 Å². The van der Waals surface area contributed by atoms with E-state index in [0.29, 0.717) is 42.6 Å². The number of nitrogens with one attached hydrogen (secondary N) is 1. The maximum Gasteiger partial charge on any atom is 0.262 e. The molecule has 0 radical (unpaired) electrons. The molecular weight excluding hydrogens is 422 g/mol. The highest BCUT2D eigenvalue weighted by Gasteiger charge is 2.33. The van der Waals surface area contributed by atoms with Crippen molar-refractivity contribution in [3.63, 3.8) is 0 Å². The van der Waals surface area contributed by atoms with Crippen LogP contribution in [0.3, 0.4) is 0 Å². The minimum atomic E-state index is -0.645. The van der Waals surface area contributed by atoms with Crippen LogP contribution >= 0.6 is 11.6 Å². The zero-order chi connectivity index (χ0) is 22.4. The molecule has 1 aromatic carbocycles. The molecule has 1 saturated heterocycles. The first kappa shape index (κ1) is 20.9. The Morgan fingerprint density at radius 3 is 2.35 bits per heavy atom. The summed E-state index contributed by atoms with van der Waals surface area (Å²) in [6.07, 6.45) is 0. The summed E-state index contributed by atoms with van der Waals surface area (Å²) in [5.74, 6) is -1.38. The van der Waals surface area contributed by atoms with Crippen molar-refractivity contribution in [1.82, 2.24) is 14.8 Å². The molecule has 9 nitrogen and oxygen atoms in total. The Bertz CT molecular complexity index is 1170. The molecule has 0 aliphatic carbocycles. The maximum atomic E-state index is 12.9. The van der Waals surface area contributed by atoms with Crippen LogP contribution in [0.5, 0.6) is 0 Å². The highest BCUT2D eigenvalue weighted by Crippen LogP contribution is 2.31. The van der Waals surface area contributed by atoms with Gasteiger partial charge in [-0.2, -0.15) is 0 Å². The first-order chi connectivity index (χ1) is 14.7. The number of halogens is 1.